The van der Waals surface area contributed by atoms with Gasteiger partial charge in [-0.1, -0.05) is 376 Å². The number of carbonyl (C=O) groups is 4. The normalized spacial score (nSPS) is 14.5. The smallest absolute Gasteiger partial charge is 0.462 e. The summed E-state index contributed by atoms with van der Waals surface area (Å²) in [5.41, 5.74) is 0. The molecule has 606 valence electrons. The highest BCUT2D eigenvalue weighted by Crippen LogP contribution is 2.45. The maximum absolute atomic E-state index is 13.1. The topological polar surface area (TPSA) is 237 Å². The lowest BCUT2D eigenvalue weighted by Gasteiger charge is -2.21. The van der Waals surface area contributed by atoms with Crippen LogP contribution in [0.25, 0.3) is 0 Å². The van der Waals surface area contributed by atoms with Gasteiger partial charge in [0.15, 0.2) is 12.2 Å². The summed E-state index contributed by atoms with van der Waals surface area (Å²) in [5.74, 6) is 1.08. The molecule has 102 heavy (non-hydrogen) atoms. The molecule has 0 aliphatic carbocycles. The Kier molecular flexibility index (Phi) is 70.6. The van der Waals surface area contributed by atoms with Crippen molar-refractivity contribution in [1.29, 1.82) is 0 Å². The highest BCUT2D eigenvalue weighted by atomic mass is 31.2. The number of hydrogen-bond donors (Lipinski definition) is 3. The standard InChI is InChI=1S/C83H162O17P2/c1-9-75(7)61-53-45-37-29-25-26-32-42-50-58-66-83(88)100-79(70-94-81(86)64-56-48-40-34-33-38-46-54-62-76(8)10-2)72-98-102(91,92)96-68-77(84)67-95-101(89,90)97-71-78(69-93-80(85)63-55-47-39-30-23-19-16-15-18-22-28-36-44-52-60-74(5)6)99-82(87)65-57-49-41-31-24-20-14-12-11-13-17-21-27-35-43-51-59-73(3)4/h73-79,84H,9-72H2,1-8H3,(H,89,90)(H,91,92)/t75?,76?,77-,78-,79-/m1/s1. The summed E-state index contributed by atoms with van der Waals surface area (Å²) in [6.07, 6.45) is 59.5. The minimum atomic E-state index is -4.96. The molecule has 0 aromatic rings. The Morgan fingerprint density at radius 2 is 0.471 bits per heavy atom. The van der Waals surface area contributed by atoms with Crippen LogP contribution in [0.2, 0.25) is 0 Å². The molecular formula is C83H162O17P2. The molecule has 0 rings (SSSR count). The molecule has 0 bridgehead atoms. The SMILES string of the molecule is CCC(C)CCCCCCCCCCCCC(=O)O[C@H](COC(=O)CCCCCCCCCCC(C)CC)COP(=O)(O)OC[C@H](O)COP(=O)(O)OC[C@@H](COC(=O)CCCCCCCCCCCCCCCCC(C)C)OC(=O)CCCCCCCCCCCCCCCCCCC(C)C. The molecular weight excluding hydrogens is 1330 g/mol. The molecule has 0 amide bonds. The predicted octanol–water partition coefficient (Wildman–Crippen LogP) is 24.8. The lowest BCUT2D eigenvalue weighted by atomic mass is 9.99. The van der Waals surface area contributed by atoms with E-state index >= 15 is 0 Å². The molecule has 7 atom stereocenters. The van der Waals surface area contributed by atoms with Crippen LogP contribution in [0.3, 0.4) is 0 Å². The molecule has 17 nitrogen and oxygen atoms in total. The van der Waals surface area contributed by atoms with Crippen molar-refractivity contribution in [3.8, 4) is 0 Å². The summed E-state index contributed by atoms with van der Waals surface area (Å²) in [4.78, 5) is 73.1. The first-order chi connectivity index (χ1) is 49.2. The van der Waals surface area contributed by atoms with Crippen LogP contribution < -0.4 is 0 Å². The number of phosphoric acid groups is 2. The van der Waals surface area contributed by atoms with E-state index in [0.717, 1.165) is 114 Å². The Labute approximate surface area is 626 Å². The number of phosphoric ester groups is 2. The van der Waals surface area contributed by atoms with Gasteiger partial charge in [0.25, 0.3) is 0 Å². The second-order valence-electron chi connectivity index (χ2n) is 31.3. The molecule has 3 N–H and O–H groups in total. The molecule has 0 aromatic carbocycles. The van der Waals surface area contributed by atoms with Gasteiger partial charge in [0.2, 0.25) is 0 Å². The fraction of sp³-hybridized carbons (Fsp3) is 0.952. The lowest BCUT2D eigenvalue weighted by molar-refractivity contribution is -0.161. The summed E-state index contributed by atoms with van der Waals surface area (Å²) in [6.45, 7) is 14.3. The minimum absolute atomic E-state index is 0.106. The van der Waals surface area contributed by atoms with Crippen molar-refractivity contribution in [1.82, 2.24) is 0 Å². The van der Waals surface area contributed by atoms with Gasteiger partial charge in [0, 0.05) is 25.7 Å². The van der Waals surface area contributed by atoms with Gasteiger partial charge in [-0.3, -0.25) is 37.3 Å². The van der Waals surface area contributed by atoms with E-state index in [-0.39, 0.29) is 25.7 Å². The Morgan fingerprint density at radius 1 is 0.275 bits per heavy atom. The number of esters is 4. The van der Waals surface area contributed by atoms with Crippen LogP contribution in [0.5, 0.6) is 0 Å². The number of aliphatic hydroxyl groups is 1. The average Bonchev–Trinajstić information content (AvgIpc) is 0.912. The maximum atomic E-state index is 13.1. The van der Waals surface area contributed by atoms with E-state index in [1.807, 2.05) is 0 Å². The van der Waals surface area contributed by atoms with Gasteiger partial charge in [0.1, 0.15) is 19.3 Å². The van der Waals surface area contributed by atoms with Gasteiger partial charge in [0.05, 0.1) is 26.4 Å². The van der Waals surface area contributed by atoms with Crippen LogP contribution in [0.4, 0.5) is 0 Å². The van der Waals surface area contributed by atoms with E-state index in [0.29, 0.717) is 25.7 Å². The molecule has 0 spiro atoms. The maximum Gasteiger partial charge on any atom is 0.472 e. The summed E-state index contributed by atoms with van der Waals surface area (Å²) < 4.78 is 68.8. The van der Waals surface area contributed by atoms with Gasteiger partial charge in [-0.2, -0.15) is 0 Å². The van der Waals surface area contributed by atoms with Crippen molar-refractivity contribution in [2.45, 2.75) is 446 Å². The summed E-state index contributed by atoms with van der Waals surface area (Å²) in [7, 11) is -9.93. The molecule has 0 heterocycles. The Hall–Kier alpha value is -1.94. The Balaban J connectivity index is 5.27. The van der Waals surface area contributed by atoms with Crippen LogP contribution in [-0.2, 0) is 65.4 Å². The monoisotopic (exact) mass is 1490 g/mol. The Morgan fingerprint density at radius 3 is 0.696 bits per heavy atom. The highest BCUT2D eigenvalue weighted by Gasteiger charge is 2.30. The average molecular weight is 1490 g/mol. The third-order valence-electron chi connectivity index (χ3n) is 20.0. The summed E-state index contributed by atoms with van der Waals surface area (Å²) >= 11 is 0. The molecule has 4 unspecified atom stereocenters. The van der Waals surface area contributed by atoms with Gasteiger partial charge in [-0.25, -0.2) is 9.13 Å². The first-order valence-corrected chi connectivity index (χ1v) is 45.8. The highest BCUT2D eigenvalue weighted by molar-refractivity contribution is 7.47. The zero-order valence-electron chi connectivity index (χ0n) is 67.2. The van der Waals surface area contributed by atoms with Crippen molar-refractivity contribution in [2.75, 3.05) is 39.6 Å². The minimum Gasteiger partial charge on any atom is -0.462 e. The molecule has 19 heteroatoms. The van der Waals surface area contributed by atoms with Crippen LogP contribution in [0.15, 0.2) is 0 Å². The number of ether oxygens (including phenoxy) is 4. The van der Waals surface area contributed by atoms with Crippen LogP contribution in [0.1, 0.15) is 428 Å². The van der Waals surface area contributed by atoms with Gasteiger partial charge >= 0.3 is 39.5 Å². The van der Waals surface area contributed by atoms with Crippen LogP contribution >= 0.6 is 15.6 Å². The largest absolute Gasteiger partial charge is 0.472 e. The fourth-order valence-electron chi connectivity index (χ4n) is 12.7. The van der Waals surface area contributed by atoms with Crippen molar-refractivity contribution < 1.29 is 80.2 Å². The van der Waals surface area contributed by atoms with E-state index < -0.39 is 97.5 Å². The van der Waals surface area contributed by atoms with Gasteiger partial charge < -0.3 is 33.8 Å². The van der Waals surface area contributed by atoms with E-state index in [1.54, 1.807) is 0 Å². The van der Waals surface area contributed by atoms with E-state index in [9.17, 15) is 43.2 Å². The number of hydrogen-bond acceptors (Lipinski definition) is 15. The van der Waals surface area contributed by atoms with Crippen LogP contribution in [0, 0.1) is 23.7 Å². The lowest BCUT2D eigenvalue weighted by Crippen LogP contribution is -2.30. The van der Waals surface area contributed by atoms with E-state index in [1.165, 1.54) is 231 Å². The Bertz CT molecular complexity index is 1990. The molecule has 0 saturated carbocycles. The molecule has 0 saturated heterocycles. The van der Waals surface area contributed by atoms with Crippen molar-refractivity contribution in [2.24, 2.45) is 23.7 Å². The molecule has 0 aliphatic rings. The quantitative estimate of drug-likeness (QED) is 0.0222. The second-order valence-corrected chi connectivity index (χ2v) is 34.2. The fourth-order valence-corrected chi connectivity index (χ4v) is 14.3. The third-order valence-corrected chi connectivity index (χ3v) is 21.9. The first kappa shape index (κ1) is 100. The number of unbranched alkanes of at least 4 members (excludes halogenated alkanes) is 44. The van der Waals surface area contributed by atoms with Crippen molar-refractivity contribution in [3.05, 3.63) is 0 Å². The van der Waals surface area contributed by atoms with Crippen molar-refractivity contribution >= 4 is 39.5 Å². The first-order valence-electron chi connectivity index (χ1n) is 42.8. The molecule has 0 aromatic heterocycles. The van der Waals surface area contributed by atoms with E-state index in [4.69, 9.17) is 37.0 Å². The number of rotatable bonds is 80. The zero-order valence-corrected chi connectivity index (χ0v) is 69.0. The van der Waals surface area contributed by atoms with Gasteiger partial charge in [-0.05, 0) is 49.4 Å². The van der Waals surface area contributed by atoms with Gasteiger partial charge in [-0.15, -0.1) is 0 Å². The number of carbonyl (C=O) groups excluding carboxylic acids is 4. The molecule has 0 fully saturated rings. The zero-order chi connectivity index (χ0) is 75.3. The summed E-state index contributed by atoms with van der Waals surface area (Å²) in [5, 5.41) is 10.7. The summed E-state index contributed by atoms with van der Waals surface area (Å²) in [6, 6.07) is 0. The molecule has 0 radical (unpaired) electrons. The van der Waals surface area contributed by atoms with Crippen LogP contribution in [-0.4, -0.2) is 96.7 Å². The third kappa shape index (κ3) is 73.6. The van der Waals surface area contributed by atoms with E-state index in [2.05, 4.69) is 55.4 Å². The number of aliphatic hydroxyl groups excluding tert-OH is 1. The predicted molar refractivity (Wildman–Crippen MR) is 418 cm³/mol. The molecule has 0 aliphatic heterocycles. The van der Waals surface area contributed by atoms with Crippen molar-refractivity contribution in [3.63, 3.8) is 0 Å². The second kappa shape index (κ2) is 72.0.